The lowest BCUT2D eigenvalue weighted by atomic mass is 9.82. The molecule has 14 heteroatoms. The van der Waals surface area contributed by atoms with Crippen LogP contribution in [0.15, 0.2) is 137 Å². The molecule has 0 atom stereocenters. The van der Waals surface area contributed by atoms with Gasteiger partial charge in [-0.2, -0.15) is 0 Å². The fraction of sp³-hybridized carbons (Fsp3) is 0.373. The molecule has 3 fully saturated rings. The molecule has 2 aliphatic heterocycles. The van der Waals surface area contributed by atoms with E-state index < -0.39 is 14.9 Å². The Labute approximate surface area is 386 Å². The van der Waals surface area contributed by atoms with Gasteiger partial charge in [-0.1, -0.05) is 92.1 Å². The number of thioether (sulfide) groups is 1. The number of fused-ring (bicyclic) bond motifs is 1. The summed E-state index contributed by atoms with van der Waals surface area (Å²) in [5.74, 6) is 0.833. The van der Waals surface area contributed by atoms with Crippen molar-refractivity contribution in [2.24, 2.45) is 0 Å². The van der Waals surface area contributed by atoms with Gasteiger partial charge in [0.05, 0.1) is 27.5 Å². The van der Waals surface area contributed by atoms with Gasteiger partial charge in [0.2, 0.25) is 0 Å². The molecule has 3 heterocycles. The Balaban J connectivity index is 0.902. The van der Waals surface area contributed by atoms with E-state index in [-0.39, 0.29) is 27.5 Å². The van der Waals surface area contributed by atoms with Crippen molar-refractivity contribution >= 4 is 55.6 Å². The minimum Gasteiger partial charge on any atom is -0.373 e. The molecule has 6 aromatic rings. The lowest BCUT2D eigenvalue weighted by Crippen LogP contribution is -2.48. The van der Waals surface area contributed by atoms with Gasteiger partial charge in [-0.05, 0) is 111 Å². The largest absolute Gasteiger partial charge is 0.373 e. The molecule has 3 aliphatic rings. The Hall–Kier alpha value is -5.54. The number of nitrogens with zero attached hydrogens (tertiary/aromatic N) is 5. The van der Waals surface area contributed by atoms with Crippen LogP contribution >= 0.6 is 11.8 Å². The molecule has 65 heavy (non-hydrogen) atoms. The van der Waals surface area contributed by atoms with Crippen LogP contribution in [-0.4, -0.2) is 84.4 Å². The molecule has 1 aromatic heterocycles. The van der Waals surface area contributed by atoms with Crippen LogP contribution in [0.25, 0.3) is 22.0 Å². The third kappa shape index (κ3) is 10.6. The van der Waals surface area contributed by atoms with Crippen LogP contribution in [0.4, 0.5) is 22.9 Å². The van der Waals surface area contributed by atoms with Crippen molar-refractivity contribution in [1.29, 1.82) is 0 Å². The molecule has 2 saturated heterocycles. The Morgan fingerprint density at radius 1 is 0.769 bits per heavy atom. The molecule has 12 nitrogen and oxygen atoms in total. The normalized spacial score (nSPS) is 17.5. The average Bonchev–Trinajstić information content (AvgIpc) is 3.80. The minimum atomic E-state index is -4.28. The van der Waals surface area contributed by atoms with Crippen molar-refractivity contribution in [1.82, 2.24) is 14.9 Å². The SMILES string of the molecule is O=[N+]([O-])c1cc(S(=O)(=O)Nc2ncnc3cc(N4CCC(Cc5ccccc5-c5ccccc5)(OCCN5CCCCC5)CC4)ccc23)ccc1NC1(CSc2ccccc2)CCCC1. The van der Waals surface area contributed by atoms with Crippen molar-refractivity contribution in [2.75, 3.05) is 60.0 Å². The van der Waals surface area contributed by atoms with E-state index in [0.717, 1.165) is 100 Å². The number of nitrogens with one attached hydrogen (secondary N) is 2. The predicted molar refractivity (Wildman–Crippen MR) is 261 cm³/mol. The molecule has 0 bridgehead atoms. The summed E-state index contributed by atoms with van der Waals surface area (Å²) in [7, 11) is -4.28. The maximum absolute atomic E-state index is 13.9. The number of nitro benzene ring substituents is 1. The molecular formula is C51H57N7O5S2. The Kier molecular flexibility index (Phi) is 13.7. The van der Waals surface area contributed by atoms with E-state index >= 15 is 0 Å². The fourth-order valence-corrected chi connectivity index (χ4v) is 12.1. The number of rotatable bonds is 17. The summed E-state index contributed by atoms with van der Waals surface area (Å²) in [4.78, 5) is 26.6. The number of hydrogen-bond donors (Lipinski definition) is 2. The molecule has 338 valence electrons. The van der Waals surface area contributed by atoms with E-state index in [4.69, 9.17) is 4.74 Å². The highest BCUT2D eigenvalue weighted by Gasteiger charge is 2.38. The van der Waals surface area contributed by atoms with Crippen LogP contribution in [-0.2, 0) is 21.2 Å². The lowest BCUT2D eigenvalue weighted by Gasteiger charge is -2.43. The highest BCUT2D eigenvalue weighted by Crippen LogP contribution is 2.41. The van der Waals surface area contributed by atoms with E-state index in [2.05, 4.69) is 96.5 Å². The lowest BCUT2D eigenvalue weighted by molar-refractivity contribution is -0.384. The molecule has 5 aromatic carbocycles. The summed E-state index contributed by atoms with van der Waals surface area (Å²) in [6.45, 7) is 5.48. The zero-order valence-electron chi connectivity index (χ0n) is 36.7. The zero-order valence-corrected chi connectivity index (χ0v) is 38.4. The van der Waals surface area contributed by atoms with Crippen LogP contribution in [0.3, 0.4) is 0 Å². The second-order valence-corrected chi connectivity index (χ2v) is 20.5. The van der Waals surface area contributed by atoms with Gasteiger partial charge in [-0.25, -0.2) is 18.4 Å². The van der Waals surface area contributed by atoms with Gasteiger partial charge in [-0.3, -0.25) is 14.8 Å². The first kappa shape index (κ1) is 44.7. The van der Waals surface area contributed by atoms with E-state index in [9.17, 15) is 18.5 Å². The number of likely N-dealkylation sites (tertiary alicyclic amines) is 1. The number of nitro groups is 1. The van der Waals surface area contributed by atoms with Gasteiger partial charge in [0.25, 0.3) is 15.7 Å². The van der Waals surface area contributed by atoms with Crippen LogP contribution in [0, 0.1) is 10.1 Å². The van der Waals surface area contributed by atoms with E-state index in [0.29, 0.717) is 23.2 Å². The summed E-state index contributed by atoms with van der Waals surface area (Å²) in [5.41, 5.74) is 4.64. The highest BCUT2D eigenvalue weighted by atomic mass is 32.2. The topological polar surface area (TPSA) is 143 Å². The van der Waals surface area contributed by atoms with Crippen molar-refractivity contribution in [3.63, 3.8) is 0 Å². The first-order chi connectivity index (χ1) is 31.7. The molecule has 0 amide bonds. The second kappa shape index (κ2) is 19.9. The van der Waals surface area contributed by atoms with Gasteiger partial charge >= 0.3 is 0 Å². The summed E-state index contributed by atoms with van der Waals surface area (Å²) in [6, 6.07) is 39.2. The number of benzene rings is 5. The van der Waals surface area contributed by atoms with E-state index in [1.807, 2.05) is 36.4 Å². The van der Waals surface area contributed by atoms with Gasteiger partial charge in [0, 0.05) is 59.4 Å². The molecule has 1 saturated carbocycles. The van der Waals surface area contributed by atoms with Crippen molar-refractivity contribution < 1.29 is 18.1 Å². The van der Waals surface area contributed by atoms with Crippen LogP contribution in [0.1, 0.15) is 63.4 Å². The summed E-state index contributed by atoms with van der Waals surface area (Å²) < 4.78 is 37.5. The molecule has 0 unspecified atom stereocenters. The first-order valence-corrected chi connectivity index (χ1v) is 25.4. The highest BCUT2D eigenvalue weighted by molar-refractivity contribution is 7.99. The molecule has 9 rings (SSSR count). The summed E-state index contributed by atoms with van der Waals surface area (Å²) in [6.07, 6.45) is 11.4. The first-order valence-electron chi connectivity index (χ1n) is 22.9. The number of piperidine rings is 2. The van der Waals surface area contributed by atoms with Crippen molar-refractivity contribution in [3.05, 3.63) is 143 Å². The predicted octanol–water partition coefficient (Wildman–Crippen LogP) is 10.6. The van der Waals surface area contributed by atoms with Crippen LogP contribution < -0.4 is 14.9 Å². The maximum atomic E-state index is 13.9. The fourth-order valence-electron chi connectivity index (χ4n) is 9.87. The van der Waals surface area contributed by atoms with Gasteiger partial charge in [0.1, 0.15) is 12.0 Å². The summed E-state index contributed by atoms with van der Waals surface area (Å²) in [5, 5.41) is 16.5. The minimum absolute atomic E-state index is 0.103. The Morgan fingerprint density at radius 3 is 2.25 bits per heavy atom. The Morgan fingerprint density at radius 2 is 1.49 bits per heavy atom. The molecule has 1 aliphatic carbocycles. The van der Waals surface area contributed by atoms with Crippen LogP contribution in [0.5, 0.6) is 0 Å². The molecular weight excluding hydrogens is 855 g/mol. The number of hydrogen-bond acceptors (Lipinski definition) is 11. The van der Waals surface area contributed by atoms with E-state index in [1.54, 1.807) is 11.8 Å². The van der Waals surface area contributed by atoms with Gasteiger partial charge in [-0.15, -0.1) is 11.8 Å². The number of aromatic nitrogens is 2. The maximum Gasteiger partial charge on any atom is 0.293 e. The molecule has 0 spiro atoms. The average molecular weight is 912 g/mol. The zero-order chi connectivity index (χ0) is 44.7. The van der Waals surface area contributed by atoms with Gasteiger partial charge < -0.3 is 19.9 Å². The number of anilines is 3. The number of sulfonamides is 1. The summed E-state index contributed by atoms with van der Waals surface area (Å²) >= 11 is 1.71. The second-order valence-electron chi connectivity index (χ2n) is 17.8. The molecule has 2 N–H and O–H groups in total. The van der Waals surface area contributed by atoms with Crippen molar-refractivity contribution in [3.8, 4) is 11.1 Å². The third-order valence-corrected chi connectivity index (χ3v) is 16.1. The van der Waals surface area contributed by atoms with E-state index in [1.165, 1.54) is 54.4 Å². The van der Waals surface area contributed by atoms with Crippen LogP contribution in [0.2, 0.25) is 0 Å². The number of ether oxygens (including phenoxy) is 1. The van der Waals surface area contributed by atoms with Crippen molar-refractivity contribution in [2.45, 2.75) is 85.1 Å². The monoisotopic (exact) mass is 911 g/mol. The molecule has 0 radical (unpaired) electrons. The standard InChI is InChI=1S/C51H57N7O5S2/c59-58(60)48-35-43(21-23-46(48)54-50(24-10-11-25-50)37-64-42-17-6-2-7-18-42)65(61,62)55-49-45-22-20-41(34-47(45)52-38-53-49)57-30-26-51(27-31-57,63-33-32-56-28-12-3-13-29-56)36-40-16-8-9-19-44(40)39-14-4-1-5-15-39/h1-2,4-9,14-23,34-35,38,54H,3,10-13,24-33,36-37H2,(H,52,53,55). The smallest absolute Gasteiger partial charge is 0.293 e. The Bertz CT molecular complexity index is 2690. The quantitative estimate of drug-likeness (QED) is 0.0513. The van der Waals surface area contributed by atoms with Gasteiger partial charge in [0.15, 0.2) is 5.82 Å². The third-order valence-electron chi connectivity index (χ3n) is 13.5.